The predicted molar refractivity (Wildman–Crippen MR) is 90.4 cm³/mol. The number of carbonyl (C=O) groups excluding carboxylic acids is 1. The van der Waals surface area contributed by atoms with Crippen LogP contribution in [0.1, 0.15) is 11.5 Å². The van der Waals surface area contributed by atoms with Crippen molar-refractivity contribution in [1.82, 2.24) is 4.31 Å². The van der Waals surface area contributed by atoms with Gasteiger partial charge in [-0.2, -0.15) is 21.6 Å². The molecule has 1 unspecified atom stereocenters. The molecule has 0 saturated carbocycles. The van der Waals surface area contributed by atoms with E-state index in [1.807, 2.05) is 0 Å². The number of hydrogen-bond donors (Lipinski definition) is 0. The lowest BCUT2D eigenvalue weighted by Gasteiger charge is -2.25. The standard InChI is InChI=1S/C17H12F3NO6S/c1-26-15(22)12-9-21(28(24,25)17(18,19)20)8-7-10(12)14-11-5-3-2-4-6-13(11)27-16(14)23/h2-10H,1H3. The maximum Gasteiger partial charge on any atom is 0.517 e. The Balaban J connectivity index is 2.17. The topological polar surface area (TPSA) is 93.9 Å². The highest BCUT2D eigenvalue weighted by Gasteiger charge is 2.50. The summed E-state index contributed by atoms with van der Waals surface area (Å²) in [5.74, 6) is -2.05. The van der Waals surface area contributed by atoms with Gasteiger partial charge >= 0.3 is 27.1 Å². The smallest absolute Gasteiger partial charge is 0.466 e. The number of sulfonamides is 1. The fourth-order valence-electron chi connectivity index (χ4n) is 2.75. The Hall–Kier alpha value is -3.08. The van der Waals surface area contributed by atoms with E-state index in [4.69, 9.17) is 4.42 Å². The summed E-state index contributed by atoms with van der Waals surface area (Å²) in [5.41, 5.74) is -6.56. The molecule has 0 radical (unpaired) electrons. The van der Waals surface area contributed by atoms with E-state index in [-0.39, 0.29) is 15.6 Å². The van der Waals surface area contributed by atoms with Crippen molar-refractivity contribution < 1.29 is 35.5 Å². The third-order valence-corrected chi connectivity index (χ3v) is 5.41. The quantitative estimate of drug-likeness (QED) is 0.716. The lowest BCUT2D eigenvalue weighted by molar-refractivity contribution is -0.136. The molecule has 7 nitrogen and oxygen atoms in total. The third kappa shape index (κ3) is 3.17. The van der Waals surface area contributed by atoms with E-state index in [0.717, 1.165) is 13.2 Å². The van der Waals surface area contributed by atoms with Gasteiger partial charge < -0.3 is 9.15 Å². The average Bonchev–Trinajstić information content (AvgIpc) is 2.79. The lowest BCUT2D eigenvalue weighted by atomic mass is 9.88. The van der Waals surface area contributed by atoms with E-state index in [0.29, 0.717) is 18.0 Å². The van der Waals surface area contributed by atoms with Crippen molar-refractivity contribution in [3.05, 3.63) is 70.4 Å². The number of ether oxygens (including phenoxy) is 1. The number of halogens is 3. The molecule has 3 aliphatic rings. The van der Waals surface area contributed by atoms with Crippen LogP contribution in [0.2, 0.25) is 0 Å². The number of alkyl halides is 3. The van der Waals surface area contributed by atoms with E-state index in [2.05, 4.69) is 4.74 Å². The highest BCUT2D eigenvalue weighted by atomic mass is 32.2. The maximum absolute atomic E-state index is 12.8. The fraction of sp³-hybridized carbons (Fsp3) is 0.176. The zero-order chi connectivity index (χ0) is 20.7. The molecule has 0 N–H and O–H groups in total. The van der Waals surface area contributed by atoms with Gasteiger partial charge in [0.2, 0.25) is 0 Å². The van der Waals surface area contributed by atoms with Crippen molar-refractivity contribution >= 4 is 16.0 Å². The summed E-state index contributed by atoms with van der Waals surface area (Å²) >= 11 is 0. The molecule has 0 saturated heterocycles. The summed E-state index contributed by atoms with van der Waals surface area (Å²) in [7, 11) is -4.79. The Kier molecular flexibility index (Phi) is 4.79. The highest BCUT2D eigenvalue weighted by molar-refractivity contribution is 7.90. The first-order valence-electron chi connectivity index (χ1n) is 7.68. The van der Waals surface area contributed by atoms with Gasteiger partial charge in [0, 0.05) is 23.9 Å². The summed E-state index contributed by atoms with van der Waals surface area (Å²) in [5, 5.41) is 0. The maximum atomic E-state index is 12.8. The number of allylic oxidation sites excluding steroid dienone is 1. The second kappa shape index (κ2) is 6.82. The first kappa shape index (κ1) is 19.7. The van der Waals surface area contributed by atoms with Gasteiger partial charge in [-0.1, -0.05) is 30.3 Å². The first-order valence-corrected chi connectivity index (χ1v) is 9.12. The molecule has 2 aliphatic heterocycles. The lowest BCUT2D eigenvalue weighted by Crippen LogP contribution is -2.36. The molecule has 1 atom stereocenters. The Bertz CT molecular complexity index is 1120. The van der Waals surface area contributed by atoms with Gasteiger partial charge in [0.25, 0.3) is 0 Å². The highest BCUT2D eigenvalue weighted by Crippen LogP contribution is 2.38. The van der Waals surface area contributed by atoms with E-state index in [1.165, 1.54) is 12.1 Å². The van der Waals surface area contributed by atoms with Gasteiger partial charge in [-0.05, 0) is 6.07 Å². The van der Waals surface area contributed by atoms with Crippen LogP contribution in [0.3, 0.4) is 0 Å². The number of fused-ring (bicyclic) bond motifs is 1. The summed E-state index contributed by atoms with van der Waals surface area (Å²) in [4.78, 5) is 24.5. The van der Waals surface area contributed by atoms with E-state index < -0.39 is 38.6 Å². The molecular formula is C17H12F3NO6S. The van der Waals surface area contributed by atoms with Crippen LogP contribution in [0.25, 0.3) is 11.3 Å². The number of rotatable bonds is 3. The number of methoxy groups -OCH3 is 1. The molecule has 1 aliphatic carbocycles. The predicted octanol–water partition coefficient (Wildman–Crippen LogP) is 2.56. The van der Waals surface area contributed by atoms with Crippen molar-refractivity contribution in [2.24, 2.45) is 0 Å². The normalized spacial score (nSPS) is 17.5. The molecule has 0 spiro atoms. The molecule has 2 heterocycles. The van der Waals surface area contributed by atoms with Gasteiger partial charge in [0.1, 0.15) is 5.76 Å². The van der Waals surface area contributed by atoms with Crippen molar-refractivity contribution in [3.63, 3.8) is 0 Å². The van der Waals surface area contributed by atoms with Crippen LogP contribution in [-0.2, 0) is 19.6 Å². The minimum atomic E-state index is -5.77. The van der Waals surface area contributed by atoms with Crippen molar-refractivity contribution in [2.45, 2.75) is 11.4 Å². The van der Waals surface area contributed by atoms with Gasteiger partial charge in [-0.3, -0.25) is 0 Å². The molecule has 148 valence electrons. The molecule has 0 amide bonds. The zero-order valence-electron chi connectivity index (χ0n) is 14.1. The van der Waals surface area contributed by atoms with Gasteiger partial charge in [0.15, 0.2) is 0 Å². The molecular weight excluding hydrogens is 403 g/mol. The summed E-state index contributed by atoms with van der Waals surface area (Å²) in [6, 6.07) is 7.93. The first-order chi connectivity index (χ1) is 13.1. The average molecular weight is 415 g/mol. The second-order valence-electron chi connectivity index (χ2n) is 5.67. The summed E-state index contributed by atoms with van der Waals surface area (Å²) < 4.78 is 71.4. The Morgan fingerprint density at radius 2 is 1.89 bits per heavy atom. The molecule has 0 aromatic heterocycles. The number of carbonyl (C=O) groups is 1. The molecule has 0 bridgehead atoms. The molecule has 0 aromatic rings. The zero-order valence-corrected chi connectivity index (χ0v) is 15.0. The molecule has 0 aromatic carbocycles. The monoisotopic (exact) mass is 415 g/mol. The van der Waals surface area contributed by atoms with Crippen molar-refractivity contribution in [2.75, 3.05) is 7.11 Å². The Labute approximate surface area is 156 Å². The van der Waals surface area contributed by atoms with Crippen molar-refractivity contribution in [3.8, 4) is 11.3 Å². The largest absolute Gasteiger partial charge is 0.517 e. The summed E-state index contributed by atoms with van der Waals surface area (Å²) in [6.45, 7) is 0. The molecule has 11 heteroatoms. The van der Waals surface area contributed by atoms with Crippen LogP contribution in [-0.4, -0.2) is 31.3 Å². The van der Waals surface area contributed by atoms with E-state index in [9.17, 15) is 31.2 Å². The van der Waals surface area contributed by atoms with Crippen LogP contribution in [0.4, 0.5) is 13.2 Å². The van der Waals surface area contributed by atoms with Crippen molar-refractivity contribution in [1.29, 1.82) is 0 Å². The van der Waals surface area contributed by atoms with Crippen LogP contribution >= 0.6 is 0 Å². The third-order valence-electron chi connectivity index (χ3n) is 4.04. The van der Waals surface area contributed by atoms with Gasteiger partial charge in [-0.25, -0.2) is 13.9 Å². The minimum Gasteiger partial charge on any atom is -0.466 e. The Morgan fingerprint density at radius 1 is 1.21 bits per heavy atom. The van der Waals surface area contributed by atoms with Crippen LogP contribution in [0.15, 0.2) is 63.6 Å². The number of hydrogen-bond acceptors (Lipinski definition) is 6. The van der Waals surface area contributed by atoms with E-state index in [1.54, 1.807) is 18.2 Å². The fourth-order valence-corrected chi connectivity index (χ4v) is 3.48. The molecule has 28 heavy (non-hydrogen) atoms. The van der Waals surface area contributed by atoms with E-state index >= 15 is 0 Å². The van der Waals surface area contributed by atoms with Crippen LogP contribution in [0.5, 0.6) is 0 Å². The summed E-state index contributed by atoms with van der Waals surface area (Å²) in [6.07, 6.45) is 2.11. The number of esters is 1. The van der Waals surface area contributed by atoms with Crippen LogP contribution in [0, 0.1) is 0 Å². The molecule has 0 fully saturated rings. The SMILES string of the molecule is COC(=O)C1=CN(S(=O)(=O)C(F)(F)F)C=CC1c1c2cccccc-2oc1=O. The van der Waals surface area contributed by atoms with Gasteiger partial charge in [-0.15, -0.1) is 0 Å². The molecule has 3 rings (SSSR count). The van der Waals surface area contributed by atoms with Crippen LogP contribution < -0.4 is 5.63 Å². The number of nitrogens with zero attached hydrogens (tertiary/aromatic N) is 1. The Morgan fingerprint density at radius 3 is 2.54 bits per heavy atom. The number of furan rings is 1. The van der Waals surface area contributed by atoms with Gasteiger partial charge in [0.05, 0.1) is 18.2 Å². The second-order valence-corrected chi connectivity index (χ2v) is 7.50. The minimum absolute atomic E-state index is 0.0249.